The Morgan fingerprint density at radius 2 is 1.85 bits per heavy atom. The summed E-state index contributed by atoms with van der Waals surface area (Å²) >= 11 is 0. The van der Waals surface area contributed by atoms with E-state index in [9.17, 15) is 0 Å². The highest BCUT2D eigenvalue weighted by Crippen LogP contribution is 2.32. The highest BCUT2D eigenvalue weighted by molar-refractivity contribution is 6.05. The van der Waals surface area contributed by atoms with Crippen LogP contribution in [0.2, 0.25) is 0 Å². The van der Waals surface area contributed by atoms with Gasteiger partial charge in [0.2, 0.25) is 0 Å². The maximum Gasteiger partial charge on any atom is 0.196 e. The summed E-state index contributed by atoms with van der Waals surface area (Å²) < 4.78 is 11.5. The Morgan fingerprint density at radius 3 is 2.67 bits per heavy atom. The zero-order valence-corrected chi connectivity index (χ0v) is 15.6. The van der Waals surface area contributed by atoms with Gasteiger partial charge < -0.3 is 19.4 Å². The summed E-state index contributed by atoms with van der Waals surface area (Å²) in [7, 11) is 5.80. The van der Waals surface area contributed by atoms with Crippen LogP contribution in [0.3, 0.4) is 0 Å². The fraction of sp³-hybridized carbons (Fsp3) is 0.238. The lowest BCUT2D eigenvalue weighted by Gasteiger charge is -2.26. The minimum atomic E-state index is 0.107. The molecule has 2 aromatic heterocycles. The van der Waals surface area contributed by atoms with Gasteiger partial charge in [-0.2, -0.15) is 0 Å². The van der Waals surface area contributed by atoms with Crippen molar-refractivity contribution >= 4 is 27.9 Å². The number of fused-ring (bicyclic) bond motifs is 3. The normalized spacial score (nSPS) is 12.6. The molecule has 2 heterocycles. The van der Waals surface area contributed by atoms with Crippen molar-refractivity contribution in [3.8, 4) is 5.75 Å². The summed E-state index contributed by atoms with van der Waals surface area (Å²) in [5.74, 6) is 1.56. The van der Waals surface area contributed by atoms with E-state index in [1.807, 2.05) is 42.5 Å². The largest absolute Gasteiger partial charge is 0.496 e. The number of furan rings is 1. The third kappa shape index (κ3) is 3.19. The van der Waals surface area contributed by atoms with E-state index in [0.29, 0.717) is 17.9 Å². The number of rotatable bonds is 6. The van der Waals surface area contributed by atoms with Crippen LogP contribution in [-0.2, 0) is 0 Å². The van der Waals surface area contributed by atoms with Crippen molar-refractivity contribution in [1.29, 1.82) is 0 Å². The average Bonchev–Trinajstić information content (AvgIpc) is 3.08. The second-order valence-corrected chi connectivity index (χ2v) is 6.60. The molecule has 4 aromatic rings. The Labute approximate surface area is 157 Å². The Bertz CT molecular complexity index is 1070. The number of ether oxygens (including phenoxy) is 1. The summed E-state index contributed by atoms with van der Waals surface area (Å²) in [6.07, 6.45) is 1.57. The number of nitrogens with zero attached hydrogens (tertiary/aromatic N) is 3. The summed E-state index contributed by atoms with van der Waals surface area (Å²) in [5.41, 5.74) is 3.43. The van der Waals surface area contributed by atoms with E-state index in [0.717, 1.165) is 27.8 Å². The van der Waals surface area contributed by atoms with Crippen LogP contribution in [0, 0.1) is 0 Å². The zero-order chi connectivity index (χ0) is 18.8. The van der Waals surface area contributed by atoms with E-state index >= 15 is 0 Å². The Hall–Kier alpha value is -3.12. The summed E-state index contributed by atoms with van der Waals surface area (Å²) in [5, 5.41) is 4.43. The first-order chi connectivity index (χ1) is 13.2. The molecule has 2 aromatic carbocycles. The molecule has 6 nitrogen and oxygen atoms in total. The van der Waals surface area contributed by atoms with Gasteiger partial charge in [-0.25, -0.2) is 9.97 Å². The molecular weight excluding hydrogens is 340 g/mol. The Morgan fingerprint density at radius 1 is 1.07 bits per heavy atom. The summed E-state index contributed by atoms with van der Waals surface area (Å²) in [6.45, 7) is 0.649. The second kappa shape index (κ2) is 7.25. The van der Waals surface area contributed by atoms with Gasteiger partial charge in [-0.1, -0.05) is 30.3 Å². The zero-order valence-electron chi connectivity index (χ0n) is 15.6. The van der Waals surface area contributed by atoms with Crippen molar-refractivity contribution in [2.45, 2.75) is 6.04 Å². The maximum absolute atomic E-state index is 6.00. The maximum atomic E-state index is 6.00. The monoisotopic (exact) mass is 362 g/mol. The smallest absolute Gasteiger partial charge is 0.196 e. The standard InChI is InChI=1S/C21H22N4O2/c1-25(2)16(14-8-4-6-10-17(14)26-3)12-22-21-20-19(23-13-24-21)15-9-5-7-11-18(15)27-20/h4-11,13,16H,12H2,1-3H3,(H,22,23,24). The number of benzene rings is 2. The summed E-state index contributed by atoms with van der Waals surface area (Å²) in [4.78, 5) is 11.0. The average molecular weight is 362 g/mol. The van der Waals surface area contributed by atoms with E-state index in [1.165, 1.54) is 0 Å². The lowest BCUT2D eigenvalue weighted by molar-refractivity contribution is 0.300. The molecule has 0 saturated carbocycles. The molecular formula is C21H22N4O2. The minimum absolute atomic E-state index is 0.107. The van der Waals surface area contributed by atoms with Crippen molar-refractivity contribution < 1.29 is 9.15 Å². The van der Waals surface area contributed by atoms with Gasteiger partial charge in [-0.3, -0.25) is 0 Å². The van der Waals surface area contributed by atoms with Gasteiger partial charge >= 0.3 is 0 Å². The molecule has 4 rings (SSSR count). The molecule has 0 amide bonds. The lowest BCUT2D eigenvalue weighted by atomic mass is 10.0. The number of para-hydroxylation sites is 2. The van der Waals surface area contributed by atoms with Crippen molar-refractivity contribution in [2.24, 2.45) is 0 Å². The molecule has 0 bridgehead atoms. The number of likely N-dealkylation sites (N-methyl/N-ethyl adjacent to an activating group) is 1. The van der Waals surface area contributed by atoms with Crippen LogP contribution >= 0.6 is 0 Å². The van der Waals surface area contributed by atoms with Crippen LogP contribution in [0.1, 0.15) is 11.6 Å². The molecule has 0 aliphatic rings. The topological polar surface area (TPSA) is 63.4 Å². The predicted molar refractivity (Wildman–Crippen MR) is 107 cm³/mol. The molecule has 0 spiro atoms. The van der Waals surface area contributed by atoms with Crippen LogP contribution in [0.5, 0.6) is 5.75 Å². The number of anilines is 1. The molecule has 1 atom stereocenters. The van der Waals surface area contributed by atoms with Gasteiger partial charge in [0.25, 0.3) is 0 Å². The van der Waals surface area contributed by atoms with E-state index in [4.69, 9.17) is 9.15 Å². The molecule has 0 radical (unpaired) electrons. The Balaban J connectivity index is 1.67. The highest BCUT2D eigenvalue weighted by atomic mass is 16.5. The first-order valence-electron chi connectivity index (χ1n) is 8.84. The SMILES string of the molecule is COc1ccccc1C(CNc1ncnc2c1oc1ccccc12)N(C)C. The molecule has 1 N–H and O–H groups in total. The summed E-state index contributed by atoms with van der Waals surface area (Å²) in [6, 6.07) is 16.1. The van der Waals surface area contributed by atoms with Crippen LogP contribution in [0.4, 0.5) is 5.82 Å². The predicted octanol–water partition coefficient (Wildman–Crippen LogP) is 4.10. The molecule has 0 aliphatic carbocycles. The van der Waals surface area contributed by atoms with Gasteiger partial charge in [0, 0.05) is 17.5 Å². The van der Waals surface area contributed by atoms with E-state index in [2.05, 4.69) is 40.3 Å². The van der Waals surface area contributed by atoms with Crippen molar-refractivity contribution in [2.75, 3.05) is 33.1 Å². The molecule has 0 fully saturated rings. The fourth-order valence-corrected chi connectivity index (χ4v) is 3.36. The van der Waals surface area contributed by atoms with Crippen LogP contribution in [0.15, 0.2) is 59.3 Å². The lowest BCUT2D eigenvalue weighted by Crippen LogP contribution is -2.27. The third-order valence-electron chi connectivity index (χ3n) is 4.74. The minimum Gasteiger partial charge on any atom is -0.496 e. The fourth-order valence-electron chi connectivity index (χ4n) is 3.36. The molecule has 27 heavy (non-hydrogen) atoms. The van der Waals surface area contributed by atoms with Crippen molar-refractivity contribution in [3.63, 3.8) is 0 Å². The molecule has 0 aliphatic heterocycles. The highest BCUT2D eigenvalue weighted by Gasteiger charge is 2.20. The van der Waals surface area contributed by atoms with Gasteiger partial charge in [0.15, 0.2) is 11.4 Å². The van der Waals surface area contributed by atoms with Gasteiger partial charge in [-0.15, -0.1) is 0 Å². The van der Waals surface area contributed by atoms with Crippen LogP contribution in [0.25, 0.3) is 22.1 Å². The van der Waals surface area contributed by atoms with E-state index in [1.54, 1.807) is 13.4 Å². The number of hydrogen-bond donors (Lipinski definition) is 1. The number of methoxy groups -OCH3 is 1. The quantitative estimate of drug-likeness (QED) is 0.557. The van der Waals surface area contributed by atoms with E-state index < -0.39 is 0 Å². The van der Waals surface area contributed by atoms with Gasteiger partial charge in [0.05, 0.1) is 13.2 Å². The molecule has 1 unspecified atom stereocenters. The molecule has 138 valence electrons. The third-order valence-corrected chi connectivity index (χ3v) is 4.74. The number of aromatic nitrogens is 2. The van der Waals surface area contributed by atoms with Crippen molar-refractivity contribution in [3.05, 3.63) is 60.4 Å². The van der Waals surface area contributed by atoms with Crippen LogP contribution in [-0.4, -0.2) is 42.6 Å². The van der Waals surface area contributed by atoms with Crippen molar-refractivity contribution in [1.82, 2.24) is 14.9 Å². The molecule has 0 saturated heterocycles. The first-order valence-corrected chi connectivity index (χ1v) is 8.84. The van der Waals surface area contributed by atoms with Gasteiger partial charge in [-0.05, 0) is 32.3 Å². The van der Waals surface area contributed by atoms with E-state index in [-0.39, 0.29) is 6.04 Å². The first kappa shape index (κ1) is 17.3. The molecule has 6 heteroatoms. The Kier molecular flexibility index (Phi) is 4.64. The van der Waals surface area contributed by atoms with Gasteiger partial charge in [0.1, 0.15) is 23.2 Å². The number of nitrogens with one attached hydrogen (secondary N) is 1. The second-order valence-electron chi connectivity index (χ2n) is 6.60. The number of hydrogen-bond acceptors (Lipinski definition) is 6. The van der Waals surface area contributed by atoms with Crippen LogP contribution < -0.4 is 10.1 Å².